The molecular weight excluding hydrogens is 383 g/mol. The van der Waals surface area contributed by atoms with Crippen molar-refractivity contribution in [3.8, 4) is 5.75 Å². The average Bonchev–Trinajstić information content (AvgIpc) is 2.68. The molecule has 0 fully saturated rings. The van der Waals surface area contributed by atoms with E-state index in [2.05, 4.69) is 5.32 Å². The van der Waals surface area contributed by atoms with Crippen LogP contribution in [0.3, 0.4) is 0 Å². The molecule has 0 aromatic heterocycles. The number of amides is 2. The monoisotopic (exact) mass is 406 g/mol. The highest BCUT2D eigenvalue weighted by Gasteiger charge is 2.27. The summed E-state index contributed by atoms with van der Waals surface area (Å²) in [7, 11) is 1.56. The van der Waals surface area contributed by atoms with Crippen molar-refractivity contribution < 1.29 is 18.7 Å². The molecule has 2 amide bonds. The van der Waals surface area contributed by atoms with Gasteiger partial charge in [-0.3, -0.25) is 9.59 Å². The number of ether oxygens (including phenoxy) is 1. The first kappa shape index (κ1) is 21.7. The lowest BCUT2D eigenvalue weighted by Crippen LogP contribution is -2.48. The van der Waals surface area contributed by atoms with E-state index < -0.39 is 17.8 Å². The van der Waals surface area contributed by atoms with Crippen LogP contribution in [-0.2, 0) is 22.6 Å². The second-order valence-corrected chi connectivity index (χ2v) is 6.73. The molecule has 0 unspecified atom stereocenters. The van der Waals surface area contributed by atoms with Gasteiger partial charge in [-0.05, 0) is 43.7 Å². The van der Waals surface area contributed by atoms with Crippen LogP contribution in [0.4, 0.5) is 4.39 Å². The molecule has 0 aliphatic rings. The number of likely N-dealkylation sites (N-methyl/N-ethyl adjacent to an activating group) is 1. The van der Waals surface area contributed by atoms with Gasteiger partial charge in [0.25, 0.3) is 0 Å². The molecule has 2 aromatic rings. The number of hydrogen-bond acceptors (Lipinski definition) is 3. The number of nitrogens with one attached hydrogen (secondary N) is 1. The van der Waals surface area contributed by atoms with Crippen molar-refractivity contribution in [2.45, 2.75) is 32.9 Å². The van der Waals surface area contributed by atoms with Crippen LogP contribution < -0.4 is 10.1 Å². The van der Waals surface area contributed by atoms with Gasteiger partial charge in [-0.25, -0.2) is 4.39 Å². The minimum Gasteiger partial charge on any atom is -0.497 e. The molecule has 0 heterocycles. The maximum atomic E-state index is 14.1. The van der Waals surface area contributed by atoms with E-state index in [-0.39, 0.29) is 29.5 Å². The van der Waals surface area contributed by atoms with Crippen molar-refractivity contribution in [1.29, 1.82) is 0 Å². The summed E-state index contributed by atoms with van der Waals surface area (Å²) >= 11 is 6.06. The van der Waals surface area contributed by atoms with Crippen molar-refractivity contribution in [2.24, 2.45) is 0 Å². The molecule has 2 rings (SSSR count). The fourth-order valence-electron chi connectivity index (χ4n) is 2.83. The van der Waals surface area contributed by atoms with Crippen LogP contribution in [0, 0.1) is 5.82 Å². The van der Waals surface area contributed by atoms with E-state index >= 15 is 0 Å². The van der Waals surface area contributed by atoms with Crippen molar-refractivity contribution in [2.75, 3.05) is 13.7 Å². The summed E-state index contributed by atoms with van der Waals surface area (Å²) in [5.41, 5.74) is 0.913. The van der Waals surface area contributed by atoms with Gasteiger partial charge in [0.1, 0.15) is 17.6 Å². The first-order valence-corrected chi connectivity index (χ1v) is 9.38. The van der Waals surface area contributed by atoms with Crippen LogP contribution in [0.25, 0.3) is 0 Å². The Bertz CT molecular complexity index is 824. The fourth-order valence-corrected chi connectivity index (χ4v) is 3.06. The van der Waals surface area contributed by atoms with E-state index in [0.29, 0.717) is 12.3 Å². The first-order chi connectivity index (χ1) is 13.4. The molecule has 0 saturated heterocycles. The Hall–Kier alpha value is -2.60. The summed E-state index contributed by atoms with van der Waals surface area (Å²) in [6, 6.07) is 10.8. The number of rotatable bonds is 8. The Labute approximate surface area is 169 Å². The van der Waals surface area contributed by atoms with Crippen LogP contribution >= 0.6 is 11.6 Å². The largest absolute Gasteiger partial charge is 0.497 e. The third-order valence-electron chi connectivity index (χ3n) is 4.40. The SMILES string of the molecule is CCNC(=O)[C@@H](C)N(Cc1cccc(OC)c1)C(=O)Cc1c(F)cccc1Cl. The summed E-state index contributed by atoms with van der Waals surface area (Å²) in [4.78, 5) is 26.8. The zero-order valence-electron chi connectivity index (χ0n) is 16.2. The molecule has 0 saturated carbocycles. The summed E-state index contributed by atoms with van der Waals surface area (Å²) in [5.74, 6) is -0.576. The predicted octanol–water partition coefficient (Wildman–Crippen LogP) is 3.58. The van der Waals surface area contributed by atoms with Crippen LogP contribution in [0.5, 0.6) is 5.75 Å². The molecule has 1 N–H and O–H groups in total. The van der Waals surface area contributed by atoms with Gasteiger partial charge < -0.3 is 15.0 Å². The number of carbonyl (C=O) groups is 2. The lowest BCUT2D eigenvalue weighted by molar-refractivity contribution is -0.140. The maximum absolute atomic E-state index is 14.1. The highest BCUT2D eigenvalue weighted by molar-refractivity contribution is 6.31. The standard InChI is InChI=1S/C21H24ClFN2O3/c1-4-24-21(27)14(2)25(13-15-7-5-8-16(11-15)28-3)20(26)12-17-18(22)9-6-10-19(17)23/h5-11,14H,4,12-13H2,1-3H3,(H,24,27)/t14-/m1/s1. The van der Waals surface area contributed by atoms with E-state index in [9.17, 15) is 14.0 Å². The van der Waals surface area contributed by atoms with Crippen LogP contribution in [0.2, 0.25) is 5.02 Å². The van der Waals surface area contributed by atoms with Gasteiger partial charge in [-0.2, -0.15) is 0 Å². The van der Waals surface area contributed by atoms with E-state index in [1.54, 1.807) is 39.2 Å². The van der Waals surface area contributed by atoms with Crippen LogP contribution in [0.15, 0.2) is 42.5 Å². The molecule has 5 nitrogen and oxygen atoms in total. The zero-order valence-corrected chi connectivity index (χ0v) is 16.9. The smallest absolute Gasteiger partial charge is 0.242 e. The Balaban J connectivity index is 2.31. The number of halogens is 2. The molecule has 0 spiro atoms. The molecule has 0 bridgehead atoms. The van der Waals surface area contributed by atoms with Crippen molar-refractivity contribution in [3.05, 3.63) is 64.4 Å². The third-order valence-corrected chi connectivity index (χ3v) is 4.75. The number of nitrogens with zero attached hydrogens (tertiary/aromatic N) is 1. The van der Waals surface area contributed by atoms with Crippen molar-refractivity contribution in [3.63, 3.8) is 0 Å². The molecule has 150 valence electrons. The zero-order chi connectivity index (χ0) is 20.7. The molecule has 1 atom stereocenters. The molecule has 7 heteroatoms. The molecular formula is C21H24ClFN2O3. The Morgan fingerprint density at radius 3 is 2.61 bits per heavy atom. The van der Waals surface area contributed by atoms with E-state index in [4.69, 9.17) is 16.3 Å². The topological polar surface area (TPSA) is 58.6 Å². The number of carbonyl (C=O) groups excluding carboxylic acids is 2. The minimum atomic E-state index is -0.732. The fraction of sp³-hybridized carbons (Fsp3) is 0.333. The van der Waals surface area contributed by atoms with Gasteiger partial charge in [-0.15, -0.1) is 0 Å². The summed E-state index contributed by atoms with van der Waals surface area (Å²) < 4.78 is 19.4. The summed E-state index contributed by atoms with van der Waals surface area (Å²) in [6.07, 6.45) is -0.237. The molecule has 0 aliphatic heterocycles. The Morgan fingerprint density at radius 1 is 1.25 bits per heavy atom. The minimum absolute atomic E-state index is 0.118. The average molecular weight is 407 g/mol. The lowest BCUT2D eigenvalue weighted by Gasteiger charge is -2.29. The Kier molecular flexibility index (Phi) is 7.81. The molecule has 0 radical (unpaired) electrons. The van der Waals surface area contributed by atoms with Gasteiger partial charge in [0, 0.05) is 23.7 Å². The molecule has 0 aliphatic carbocycles. The summed E-state index contributed by atoms with van der Waals surface area (Å²) in [6.45, 7) is 4.08. The summed E-state index contributed by atoms with van der Waals surface area (Å²) in [5, 5.41) is 2.90. The van der Waals surface area contributed by atoms with Gasteiger partial charge in [0.2, 0.25) is 11.8 Å². The third kappa shape index (κ3) is 5.45. The molecule has 28 heavy (non-hydrogen) atoms. The van der Waals surface area contributed by atoms with Crippen molar-refractivity contribution in [1.82, 2.24) is 10.2 Å². The predicted molar refractivity (Wildman–Crippen MR) is 107 cm³/mol. The second kappa shape index (κ2) is 10.1. The van der Waals surface area contributed by atoms with Gasteiger partial charge in [0.15, 0.2) is 0 Å². The van der Waals surface area contributed by atoms with Crippen molar-refractivity contribution >= 4 is 23.4 Å². The van der Waals surface area contributed by atoms with Crippen LogP contribution in [0.1, 0.15) is 25.0 Å². The van der Waals surface area contributed by atoms with Gasteiger partial charge in [0.05, 0.1) is 13.5 Å². The van der Waals surface area contributed by atoms with E-state index in [1.807, 2.05) is 6.07 Å². The van der Waals surface area contributed by atoms with Gasteiger partial charge >= 0.3 is 0 Å². The Morgan fingerprint density at radius 2 is 1.96 bits per heavy atom. The highest BCUT2D eigenvalue weighted by atomic mass is 35.5. The lowest BCUT2D eigenvalue weighted by atomic mass is 10.1. The van der Waals surface area contributed by atoms with Crippen LogP contribution in [-0.4, -0.2) is 36.4 Å². The highest BCUT2D eigenvalue weighted by Crippen LogP contribution is 2.22. The first-order valence-electron chi connectivity index (χ1n) is 9.00. The quantitative estimate of drug-likeness (QED) is 0.728. The van der Waals surface area contributed by atoms with E-state index in [0.717, 1.165) is 5.56 Å². The van der Waals surface area contributed by atoms with Gasteiger partial charge in [-0.1, -0.05) is 29.8 Å². The maximum Gasteiger partial charge on any atom is 0.242 e. The number of benzene rings is 2. The normalized spacial score (nSPS) is 11.6. The van der Waals surface area contributed by atoms with E-state index in [1.165, 1.54) is 23.1 Å². The molecule has 2 aromatic carbocycles. The second-order valence-electron chi connectivity index (χ2n) is 6.32. The number of hydrogen-bond donors (Lipinski definition) is 1. The number of methoxy groups -OCH3 is 1.